The third-order valence-corrected chi connectivity index (χ3v) is 11.6. The van der Waals surface area contributed by atoms with Crippen molar-refractivity contribution < 1.29 is 14.3 Å². The number of aromatic nitrogens is 2. The minimum Gasteiger partial charge on any atom is -0.461 e. The highest BCUT2D eigenvalue weighted by Crippen LogP contribution is 2.40. The predicted molar refractivity (Wildman–Crippen MR) is 205 cm³/mol. The Morgan fingerprint density at radius 3 is 2.54 bits per heavy atom. The first kappa shape index (κ1) is 36.4. The smallest absolute Gasteiger partial charge is 0.318 e. The van der Waals surface area contributed by atoms with Crippen molar-refractivity contribution in [3.05, 3.63) is 64.8 Å². The van der Waals surface area contributed by atoms with Gasteiger partial charge in [-0.1, -0.05) is 41.9 Å². The van der Waals surface area contributed by atoms with Crippen LogP contribution in [0.5, 0.6) is 6.01 Å². The average molecular weight is 727 g/mol. The van der Waals surface area contributed by atoms with Crippen molar-refractivity contribution in [1.82, 2.24) is 24.7 Å². The highest BCUT2D eigenvalue weighted by atomic mass is 35.5. The zero-order valence-electron chi connectivity index (χ0n) is 30.6. The third kappa shape index (κ3) is 7.86. The number of hydrogen-bond donors (Lipinski definition) is 0. The van der Waals surface area contributed by atoms with Crippen LogP contribution in [0, 0.1) is 11.3 Å². The van der Waals surface area contributed by atoms with Gasteiger partial charge in [-0.05, 0) is 69.6 Å². The molecule has 0 saturated carbocycles. The molecule has 4 saturated heterocycles. The number of benzene rings is 2. The zero-order valence-corrected chi connectivity index (χ0v) is 31.4. The Labute approximate surface area is 312 Å². The number of nitriles is 1. The lowest BCUT2D eigenvalue weighted by molar-refractivity contribution is -0.126. The van der Waals surface area contributed by atoms with E-state index < -0.39 is 0 Å². The van der Waals surface area contributed by atoms with Crippen molar-refractivity contribution in [3.8, 4) is 12.1 Å². The second kappa shape index (κ2) is 16.4. The van der Waals surface area contributed by atoms with Crippen molar-refractivity contribution in [2.75, 3.05) is 88.5 Å². The standard InChI is InChI=1S/C38H48ClN7O3.C2H3N/c1-28-25-42(23-24-48-28)15-4-11-34(47)43-19-21-44(22-20-43)36-30-12-18-45(33-10-3-8-29-7-2-9-31(39)35(29)33)26-32(30)40-37(41-36)49-27-38-13-5-16-46(38)17-6-14-38;1-2-3/h2-4,7-11,28H,5-6,12-27H2,1H3;1H3/b11-4+;. The summed E-state index contributed by atoms with van der Waals surface area (Å²) in [4.78, 5) is 35.0. The molecule has 0 bridgehead atoms. The zero-order chi connectivity index (χ0) is 36.1. The van der Waals surface area contributed by atoms with E-state index in [4.69, 9.17) is 36.3 Å². The van der Waals surface area contributed by atoms with Gasteiger partial charge in [0, 0.05) is 82.0 Å². The predicted octanol–water partition coefficient (Wildman–Crippen LogP) is 5.31. The SMILES string of the molecule is CC#N.CC1CN(C/C=C/C(=O)N2CCN(c3nc(OCC45CCCN4CCC5)nc4c3CCN(c3cccc5cccc(Cl)c35)C4)CC2)CCO1. The van der Waals surface area contributed by atoms with Crippen LogP contribution in [0.1, 0.15) is 50.8 Å². The van der Waals surface area contributed by atoms with E-state index in [0.717, 1.165) is 98.4 Å². The first-order chi connectivity index (χ1) is 25.4. The molecule has 4 fully saturated rings. The third-order valence-electron chi connectivity index (χ3n) is 11.3. The lowest BCUT2D eigenvalue weighted by Crippen LogP contribution is -2.49. The Kier molecular flexibility index (Phi) is 11.5. The summed E-state index contributed by atoms with van der Waals surface area (Å²) < 4.78 is 12.2. The summed E-state index contributed by atoms with van der Waals surface area (Å²) in [6.07, 6.45) is 9.63. The maximum Gasteiger partial charge on any atom is 0.318 e. The minimum absolute atomic E-state index is 0.0797. The van der Waals surface area contributed by atoms with E-state index in [-0.39, 0.29) is 17.6 Å². The Hall–Kier alpha value is -3.95. The van der Waals surface area contributed by atoms with Gasteiger partial charge in [0.15, 0.2) is 0 Å². The number of amides is 1. The largest absolute Gasteiger partial charge is 0.461 e. The molecule has 5 aliphatic rings. The quantitative estimate of drug-likeness (QED) is 0.284. The molecule has 5 aliphatic heterocycles. The van der Waals surface area contributed by atoms with Crippen LogP contribution in [0.25, 0.3) is 10.8 Å². The van der Waals surface area contributed by atoms with Gasteiger partial charge in [-0.25, -0.2) is 0 Å². The van der Waals surface area contributed by atoms with Crippen molar-refractivity contribution >= 4 is 39.8 Å². The number of carbonyl (C=O) groups is 1. The molecule has 6 heterocycles. The number of halogens is 1. The van der Waals surface area contributed by atoms with Crippen LogP contribution >= 0.6 is 11.6 Å². The summed E-state index contributed by atoms with van der Waals surface area (Å²) in [5.41, 5.74) is 3.45. The molecule has 12 heteroatoms. The number of rotatable bonds is 8. The summed E-state index contributed by atoms with van der Waals surface area (Å²) in [7, 11) is 0. The number of piperazine rings is 1. The molecule has 2 aromatic carbocycles. The van der Waals surface area contributed by atoms with Gasteiger partial charge in [0.05, 0.1) is 41.6 Å². The van der Waals surface area contributed by atoms with E-state index in [0.29, 0.717) is 32.3 Å². The molecule has 11 nitrogen and oxygen atoms in total. The average Bonchev–Trinajstić information content (AvgIpc) is 3.75. The monoisotopic (exact) mass is 726 g/mol. The highest BCUT2D eigenvalue weighted by molar-refractivity contribution is 6.36. The van der Waals surface area contributed by atoms with Gasteiger partial charge in [0.25, 0.3) is 0 Å². The van der Waals surface area contributed by atoms with Gasteiger partial charge in [-0.3, -0.25) is 14.6 Å². The van der Waals surface area contributed by atoms with E-state index in [1.165, 1.54) is 38.2 Å². The van der Waals surface area contributed by atoms with Crippen LogP contribution < -0.4 is 14.5 Å². The topological polar surface area (TPSA) is 101 Å². The molecule has 1 aromatic heterocycles. The second-order valence-corrected chi connectivity index (χ2v) is 15.0. The van der Waals surface area contributed by atoms with Crippen LogP contribution in [0.15, 0.2) is 48.6 Å². The maximum absolute atomic E-state index is 13.1. The molecule has 52 heavy (non-hydrogen) atoms. The van der Waals surface area contributed by atoms with Crippen molar-refractivity contribution in [2.24, 2.45) is 0 Å². The van der Waals surface area contributed by atoms with Gasteiger partial charge in [-0.2, -0.15) is 15.2 Å². The molecule has 1 unspecified atom stereocenters. The molecule has 0 aliphatic carbocycles. The summed E-state index contributed by atoms with van der Waals surface area (Å²) >= 11 is 6.76. The minimum atomic E-state index is 0.0797. The van der Waals surface area contributed by atoms with Crippen molar-refractivity contribution in [1.29, 1.82) is 5.26 Å². The summed E-state index contributed by atoms with van der Waals surface area (Å²) in [6.45, 7) is 14.1. The lowest BCUT2D eigenvalue weighted by atomic mass is 9.95. The molecule has 1 atom stereocenters. The Bertz CT molecular complexity index is 1790. The Balaban J connectivity index is 0.00000136. The summed E-state index contributed by atoms with van der Waals surface area (Å²) in [6, 6.07) is 14.7. The molecule has 0 radical (unpaired) electrons. The van der Waals surface area contributed by atoms with Crippen LogP contribution in [0.3, 0.4) is 0 Å². The fourth-order valence-corrected chi connectivity index (χ4v) is 9.00. The van der Waals surface area contributed by atoms with Gasteiger partial charge >= 0.3 is 6.01 Å². The molecule has 276 valence electrons. The van der Waals surface area contributed by atoms with Gasteiger partial charge in [-0.15, -0.1) is 0 Å². The number of hydrogen-bond acceptors (Lipinski definition) is 10. The van der Waals surface area contributed by atoms with Gasteiger partial charge in [0.2, 0.25) is 5.91 Å². The molecule has 8 rings (SSSR count). The van der Waals surface area contributed by atoms with Gasteiger partial charge < -0.3 is 24.2 Å². The Morgan fingerprint density at radius 2 is 1.79 bits per heavy atom. The summed E-state index contributed by atoms with van der Waals surface area (Å²) in [5.74, 6) is 1.04. The van der Waals surface area contributed by atoms with E-state index in [1.54, 1.807) is 12.1 Å². The molecule has 0 N–H and O–H groups in total. The first-order valence-electron chi connectivity index (χ1n) is 18.9. The van der Waals surface area contributed by atoms with E-state index in [9.17, 15) is 4.79 Å². The molecule has 1 amide bonds. The van der Waals surface area contributed by atoms with E-state index in [1.807, 2.05) is 23.1 Å². The van der Waals surface area contributed by atoms with Gasteiger partial charge in [0.1, 0.15) is 12.4 Å². The molecule has 0 spiro atoms. The van der Waals surface area contributed by atoms with Crippen LogP contribution in [0.4, 0.5) is 11.5 Å². The number of nitrogens with zero attached hydrogens (tertiary/aromatic N) is 8. The highest BCUT2D eigenvalue weighted by Gasteiger charge is 2.45. The maximum atomic E-state index is 13.1. The van der Waals surface area contributed by atoms with E-state index >= 15 is 0 Å². The first-order valence-corrected chi connectivity index (χ1v) is 19.3. The van der Waals surface area contributed by atoms with Crippen LogP contribution in [0.2, 0.25) is 5.02 Å². The summed E-state index contributed by atoms with van der Waals surface area (Å²) in [5, 5.41) is 10.3. The molecular formula is C40H51ClN8O3. The number of carbonyl (C=O) groups excluding carboxylic acids is 1. The Morgan fingerprint density at radius 1 is 1.04 bits per heavy atom. The number of morpholine rings is 1. The number of ether oxygens (including phenoxy) is 2. The van der Waals surface area contributed by atoms with E-state index in [2.05, 4.69) is 50.8 Å². The van der Waals surface area contributed by atoms with Crippen molar-refractivity contribution in [2.45, 2.75) is 64.1 Å². The molecule has 3 aromatic rings. The normalized spacial score (nSPS) is 21.8. The number of anilines is 2. The van der Waals surface area contributed by atoms with Crippen LogP contribution in [-0.4, -0.2) is 121 Å². The second-order valence-electron chi connectivity index (χ2n) is 14.6. The molecular weight excluding hydrogens is 676 g/mol. The van der Waals surface area contributed by atoms with Crippen molar-refractivity contribution in [3.63, 3.8) is 0 Å². The fraction of sp³-hybridized carbons (Fsp3) is 0.550. The van der Waals surface area contributed by atoms with Crippen LogP contribution in [-0.2, 0) is 22.5 Å². The fourth-order valence-electron chi connectivity index (χ4n) is 8.72. The lowest BCUT2D eigenvalue weighted by Gasteiger charge is -2.38. The number of fused-ring (bicyclic) bond motifs is 3.